The molecule has 0 saturated carbocycles. The third-order valence-corrected chi connectivity index (χ3v) is 7.11. The van der Waals surface area contributed by atoms with Gasteiger partial charge in [0.25, 0.3) is 5.91 Å². The molecule has 4 rings (SSSR count). The number of amides is 1. The van der Waals surface area contributed by atoms with Crippen molar-refractivity contribution in [3.05, 3.63) is 53.6 Å². The number of hydrogen-bond acceptors (Lipinski definition) is 6. The molecular formula is C23H26N4O3S. The molecule has 2 aliphatic rings. The average Bonchev–Trinajstić information content (AvgIpc) is 3.32. The first-order chi connectivity index (χ1) is 14.9. The second-order valence-corrected chi connectivity index (χ2v) is 10.1. The molecule has 1 amide bonds. The van der Waals surface area contributed by atoms with Gasteiger partial charge in [0, 0.05) is 56.9 Å². The molecule has 8 heteroatoms. The summed E-state index contributed by atoms with van der Waals surface area (Å²) in [6.07, 6.45) is 3.32. The van der Waals surface area contributed by atoms with Crippen molar-refractivity contribution in [3.63, 3.8) is 0 Å². The Bertz CT molecular complexity index is 1110. The fourth-order valence-corrected chi connectivity index (χ4v) is 4.88. The monoisotopic (exact) mass is 438 g/mol. The van der Waals surface area contributed by atoms with Gasteiger partial charge in [0.15, 0.2) is 9.84 Å². The van der Waals surface area contributed by atoms with Crippen molar-refractivity contribution in [2.45, 2.75) is 17.7 Å². The van der Waals surface area contributed by atoms with Gasteiger partial charge in [-0.05, 0) is 55.3 Å². The highest BCUT2D eigenvalue weighted by Gasteiger charge is 2.27. The smallest absolute Gasteiger partial charge is 0.256 e. The van der Waals surface area contributed by atoms with E-state index in [1.54, 1.807) is 29.2 Å². The first-order valence-electron chi connectivity index (χ1n) is 10.5. The summed E-state index contributed by atoms with van der Waals surface area (Å²) in [5, 5.41) is 8.96. The lowest BCUT2D eigenvalue weighted by Gasteiger charge is -2.36. The molecule has 0 radical (unpaired) electrons. The number of rotatable bonds is 4. The summed E-state index contributed by atoms with van der Waals surface area (Å²) < 4.78 is 24.2. The van der Waals surface area contributed by atoms with Crippen LogP contribution in [0.5, 0.6) is 0 Å². The minimum absolute atomic E-state index is 0.119. The molecule has 2 saturated heterocycles. The lowest BCUT2D eigenvalue weighted by atomic mass is 10.1. The molecule has 2 aromatic carbocycles. The highest BCUT2D eigenvalue weighted by molar-refractivity contribution is 7.90. The summed E-state index contributed by atoms with van der Waals surface area (Å²) in [5.41, 5.74) is 2.95. The predicted molar refractivity (Wildman–Crippen MR) is 120 cm³/mol. The fraction of sp³-hybridized carbons (Fsp3) is 0.391. The predicted octanol–water partition coefficient (Wildman–Crippen LogP) is 2.52. The molecule has 162 valence electrons. The van der Waals surface area contributed by atoms with Gasteiger partial charge in [-0.15, -0.1) is 0 Å². The van der Waals surface area contributed by atoms with Crippen LogP contribution in [0.1, 0.15) is 28.8 Å². The number of nitrogens with zero attached hydrogens (tertiary/aromatic N) is 4. The zero-order valence-corrected chi connectivity index (χ0v) is 18.4. The average molecular weight is 439 g/mol. The maximum atomic E-state index is 13.4. The summed E-state index contributed by atoms with van der Waals surface area (Å²) in [6, 6.07) is 14.5. The van der Waals surface area contributed by atoms with Crippen LogP contribution in [-0.2, 0) is 9.84 Å². The molecule has 2 heterocycles. The summed E-state index contributed by atoms with van der Waals surface area (Å²) in [6.45, 7) is 4.24. The molecule has 0 N–H and O–H groups in total. The summed E-state index contributed by atoms with van der Waals surface area (Å²) in [4.78, 5) is 19.8. The van der Waals surface area contributed by atoms with Gasteiger partial charge in [-0.2, -0.15) is 5.26 Å². The van der Waals surface area contributed by atoms with Crippen LogP contribution >= 0.6 is 0 Å². The maximum Gasteiger partial charge on any atom is 0.256 e. The minimum Gasteiger partial charge on any atom is -0.371 e. The Balaban J connectivity index is 1.54. The fourth-order valence-electron chi connectivity index (χ4n) is 4.24. The third-order valence-electron chi connectivity index (χ3n) is 6.00. The van der Waals surface area contributed by atoms with Crippen LogP contribution in [0.2, 0.25) is 0 Å². The van der Waals surface area contributed by atoms with Crippen LogP contribution in [0.3, 0.4) is 0 Å². The molecule has 31 heavy (non-hydrogen) atoms. The lowest BCUT2D eigenvalue weighted by molar-refractivity contribution is 0.0747. The van der Waals surface area contributed by atoms with Gasteiger partial charge in [-0.3, -0.25) is 4.79 Å². The summed E-state index contributed by atoms with van der Waals surface area (Å²) in [7, 11) is -3.40. The standard InChI is InChI=1S/C23H26N4O3S/c1-31(29,30)20-8-9-22(26-10-2-3-11-26)21(16-20)23(28)27-14-12-25(13-15-27)19-6-4-18(17-24)5-7-19/h4-9,16H,2-3,10-15H2,1H3. The zero-order chi connectivity index (χ0) is 22.0. The van der Waals surface area contributed by atoms with E-state index in [1.807, 2.05) is 12.1 Å². The Labute approximate surface area is 183 Å². The van der Waals surface area contributed by atoms with Crippen molar-refractivity contribution in [3.8, 4) is 6.07 Å². The molecule has 0 aromatic heterocycles. The van der Waals surface area contributed by atoms with Crippen molar-refractivity contribution >= 4 is 27.1 Å². The van der Waals surface area contributed by atoms with Gasteiger partial charge < -0.3 is 14.7 Å². The molecule has 2 aliphatic heterocycles. The SMILES string of the molecule is CS(=O)(=O)c1ccc(N2CCCC2)c(C(=O)N2CCN(c3ccc(C#N)cc3)CC2)c1. The van der Waals surface area contributed by atoms with E-state index in [0.29, 0.717) is 37.3 Å². The normalized spacial score (nSPS) is 17.0. The molecule has 0 aliphatic carbocycles. The second-order valence-electron chi connectivity index (χ2n) is 8.08. The van der Waals surface area contributed by atoms with Crippen LogP contribution in [0.25, 0.3) is 0 Å². The Morgan fingerprint density at radius 3 is 2.13 bits per heavy atom. The minimum atomic E-state index is -3.40. The highest BCUT2D eigenvalue weighted by atomic mass is 32.2. The van der Waals surface area contributed by atoms with Gasteiger partial charge in [-0.1, -0.05) is 0 Å². The molecule has 7 nitrogen and oxygen atoms in total. The van der Waals surface area contributed by atoms with E-state index >= 15 is 0 Å². The maximum absolute atomic E-state index is 13.4. The van der Waals surface area contributed by atoms with Crippen LogP contribution in [-0.4, -0.2) is 64.7 Å². The van der Waals surface area contributed by atoms with Crippen molar-refractivity contribution in [2.75, 3.05) is 55.3 Å². The Morgan fingerprint density at radius 1 is 0.903 bits per heavy atom. The lowest BCUT2D eigenvalue weighted by Crippen LogP contribution is -2.49. The van der Waals surface area contributed by atoms with Crippen LogP contribution in [0.4, 0.5) is 11.4 Å². The highest BCUT2D eigenvalue weighted by Crippen LogP contribution is 2.29. The Hall–Kier alpha value is -3.05. The summed E-state index contributed by atoms with van der Waals surface area (Å²) in [5.74, 6) is -0.119. The van der Waals surface area contributed by atoms with E-state index in [1.165, 1.54) is 12.3 Å². The van der Waals surface area contributed by atoms with Crippen molar-refractivity contribution in [1.29, 1.82) is 5.26 Å². The molecule has 2 aromatic rings. The molecule has 0 atom stereocenters. The first-order valence-corrected chi connectivity index (χ1v) is 12.4. The van der Waals surface area contributed by atoms with E-state index in [9.17, 15) is 13.2 Å². The van der Waals surface area contributed by atoms with Crippen molar-refractivity contribution < 1.29 is 13.2 Å². The van der Waals surface area contributed by atoms with Crippen LogP contribution in [0, 0.1) is 11.3 Å². The van der Waals surface area contributed by atoms with Crippen molar-refractivity contribution in [2.24, 2.45) is 0 Å². The number of carbonyl (C=O) groups is 1. The van der Waals surface area contributed by atoms with Gasteiger partial charge in [-0.25, -0.2) is 8.42 Å². The number of benzene rings is 2. The number of carbonyl (C=O) groups excluding carboxylic acids is 1. The van der Waals surface area contributed by atoms with E-state index in [-0.39, 0.29) is 10.8 Å². The van der Waals surface area contributed by atoms with Crippen molar-refractivity contribution in [1.82, 2.24) is 4.90 Å². The van der Waals surface area contributed by atoms with E-state index in [4.69, 9.17) is 5.26 Å². The third kappa shape index (κ3) is 4.52. The number of piperazine rings is 1. The first kappa shape index (κ1) is 21.2. The topological polar surface area (TPSA) is 84.7 Å². The van der Waals surface area contributed by atoms with Gasteiger partial charge in [0.1, 0.15) is 0 Å². The van der Waals surface area contributed by atoms with E-state index < -0.39 is 9.84 Å². The quantitative estimate of drug-likeness (QED) is 0.729. The molecule has 2 fully saturated rings. The summed E-state index contributed by atoms with van der Waals surface area (Å²) >= 11 is 0. The van der Waals surface area contributed by atoms with Gasteiger partial charge in [0.05, 0.1) is 22.1 Å². The number of anilines is 2. The largest absolute Gasteiger partial charge is 0.371 e. The number of sulfone groups is 1. The van der Waals surface area contributed by atoms with E-state index in [0.717, 1.165) is 37.3 Å². The van der Waals surface area contributed by atoms with Gasteiger partial charge >= 0.3 is 0 Å². The molecule has 0 unspecified atom stereocenters. The molecule has 0 spiro atoms. The van der Waals surface area contributed by atoms with Crippen LogP contribution < -0.4 is 9.80 Å². The Morgan fingerprint density at radius 2 is 1.55 bits per heavy atom. The number of nitriles is 1. The second kappa shape index (κ2) is 8.60. The zero-order valence-electron chi connectivity index (χ0n) is 17.6. The van der Waals surface area contributed by atoms with Crippen LogP contribution in [0.15, 0.2) is 47.4 Å². The van der Waals surface area contributed by atoms with Gasteiger partial charge in [0.2, 0.25) is 0 Å². The molecular weight excluding hydrogens is 412 g/mol. The Kier molecular flexibility index (Phi) is 5.88. The number of hydrogen-bond donors (Lipinski definition) is 0. The molecule has 0 bridgehead atoms. The van der Waals surface area contributed by atoms with E-state index in [2.05, 4.69) is 15.9 Å².